The van der Waals surface area contributed by atoms with E-state index in [-0.39, 0.29) is 23.3 Å². The third kappa shape index (κ3) is 5.93. The molecular formula is C24H24BrFN2O2. The number of carbonyl (C=O) groups excluding carboxylic acids is 1. The Balaban J connectivity index is 1.66. The number of nitriles is 1. The van der Waals surface area contributed by atoms with Gasteiger partial charge >= 0.3 is 0 Å². The fraction of sp³-hybridized carbons (Fsp3) is 0.333. The molecule has 0 heterocycles. The van der Waals surface area contributed by atoms with Crippen LogP contribution in [0.3, 0.4) is 0 Å². The first-order chi connectivity index (χ1) is 14.5. The minimum absolute atomic E-state index is 0.0830. The summed E-state index contributed by atoms with van der Waals surface area (Å²) in [5, 5.41) is 12.5. The number of nitrogens with zero attached hydrogens (tertiary/aromatic N) is 1. The Kier molecular flexibility index (Phi) is 7.64. The molecule has 0 bridgehead atoms. The van der Waals surface area contributed by atoms with E-state index in [1.54, 1.807) is 36.4 Å². The lowest BCUT2D eigenvalue weighted by Crippen LogP contribution is -2.41. The topological polar surface area (TPSA) is 62.1 Å². The van der Waals surface area contributed by atoms with Gasteiger partial charge in [0.1, 0.15) is 29.8 Å². The lowest BCUT2D eigenvalue weighted by atomic mass is 9.86. The lowest BCUT2D eigenvalue weighted by Gasteiger charge is -2.29. The molecular weight excluding hydrogens is 447 g/mol. The molecule has 1 aliphatic rings. The number of rotatable bonds is 6. The number of halogens is 2. The van der Waals surface area contributed by atoms with Crippen molar-refractivity contribution in [3.63, 3.8) is 0 Å². The fourth-order valence-electron chi connectivity index (χ4n) is 3.56. The van der Waals surface area contributed by atoms with Crippen molar-refractivity contribution in [3.05, 3.63) is 69.5 Å². The largest absolute Gasteiger partial charge is 0.488 e. The smallest absolute Gasteiger partial charge is 0.262 e. The minimum atomic E-state index is -0.330. The van der Waals surface area contributed by atoms with Gasteiger partial charge in [-0.2, -0.15) is 5.26 Å². The summed E-state index contributed by atoms with van der Waals surface area (Å²) in [5.74, 6) is 0.431. The number of hydrogen-bond donors (Lipinski definition) is 1. The summed E-state index contributed by atoms with van der Waals surface area (Å²) in [6.07, 6.45) is 5.93. The molecule has 1 aliphatic carbocycles. The van der Waals surface area contributed by atoms with Gasteiger partial charge in [0.15, 0.2) is 0 Å². The molecule has 2 atom stereocenters. The first-order valence-corrected chi connectivity index (χ1v) is 10.8. The van der Waals surface area contributed by atoms with E-state index in [0.29, 0.717) is 22.7 Å². The van der Waals surface area contributed by atoms with Gasteiger partial charge in [0, 0.05) is 6.04 Å². The number of hydrogen-bond acceptors (Lipinski definition) is 3. The van der Waals surface area contributed by atoms with Crippen molar-refractivity contribution in [2.24, 2.45) is 5.92 Å². The zero-order valence-electron chi connectivity index (χ0n) is 16.8. The monoisotopic (exact) mass is 470 g/mol. The number of nitrogens with one attached hydrogen (secondary N) is 1. The highest BCUT2D eigenvalue weighted by Crippen LogP contribution is 2.28. The number of benzene rings is 2. The molecule has 0 saturated heterocycles. The minimum Gasteiger partial charge on any atom is -0.488 e. The molecule has 30 heavy (non-hydrogen) atoms. The van der Waals surface area contributed by atoms with Crippen LogP contribution in [0.1, 0.15) is 43.7 Å². The van der Waals surface area contributed by atoms with Gasteiger partial charge in [0.25, 0.3) is 5.91 Å². The van der Waals surface area contributed by atoms with Gasteiger partial charge in [-0.1, -0.05) is 38.0 Å². The van der Waals surface area contributed by atoms with E-state index in [2.05, 4.69) is 28.2 Å². The van der Waals surface area contributed by atoms with E-state index in [1.165, 1.54) is 18.6 Å². The molecule has 1 amide bonds. The second kappa shape index (κ2) is 10.4. The summed E-state index contributed by atoms with van der Waals surface area (Å²) in [5.41, 5.74) is 1.66. The van der Waals surface area contributed by atoms with Gasteiger partial charge in [0.2, 0.25) is 0 Å². The molecule has 3 rings (SSSR count). The number of ether oxygens (including phenoxy) is 1. The Labute approximate surface area is 184 Å². The van der Waals surface area contributed by atoms with Crippen LogP contribution >= 0.6 is 15.9 Å². The second-order valence-corrected chi connectivity index (χ2v) is 8.47. The summed E-state index contributed by atoms with van der Waals surface area (Å²) in [4.78, 5) is 12.6. The highest BCUT2D eigenvalue weighted by atomic mass is 79.9. The van der Waals surface area contributed by atoms with E-state index in [9.17, 15) is 14.4 Å². The maximum absolute atomic E-state index is 13.0. The first kappa shape index (κ1) is 22.0. The van der Waals surface area contributed by atoms with Gasteiger partial charge in [-0.05, 0) is 76.2 Å². The average Bonchev–Trinajstić information content (AvgIpc) is 2.74. The lowest BCUT2D eigenvalue weighted by molar-refractivity contribution is -0.118. The fourth-order valence-corrected chi connectivity index (χ4v) is 4.07. The van der Waals surface area contributed by atoms with Gasteiger partial charge in [-0.3, -0.25) is 4.79 Å². The normalized spacial score (nSPS) is 19.1. The van der Waals surface area contributed by atoms with Crippen LogP contribution in [-0.4, -0.2) is 11.9 Å². The van der Waals surface area contributed by atoms with Crippen molar-refractivity contribution in [1.82, 2.24) is 5.32 Å². The Bertz CT molecular complexity index is 966. The van der Waals surface area contributed by atoms with Gasteiger partial charge < -0.3 is 10.1 Å². The van der Waals surface area contributed by atoms with Crippen molar-refractivity contribution < 1.29 is 13.9 Å². The second-order valence-electron chi connectivity index (χ2n) is 7.62. The Morgan fingerprint density at radius 3 is 2.67 bits per heavy atom. The molecule has 1 N–H and O–H groups in total. The summed E-state index contributed by atoms with van der Waals surface area (Å²) in [6, 6.07) is 13.6. The SMILES string of the molecule is C[C@@H]1CCCC[C@H]1NC(=O)/C(C#N)=C/c1ccc(OCc2ccc(F)cc2)c(Br)c1. The van der Waals surface area contributed by atoms with Crippen molar-refractivity contribution >= 4 is 27.9 Å². The molecule has 2 aromatic carbocycles. The van der Waals surface area contributed by atoms with Crippen molar-refractivity contribution in [3.8, 4) is 11.8 Å². The molecule has 1 fully saturated rings. The maximum Gasteiger partial charge on any atom is 0.262 e. The van der Waals surface area contributed by atoms with Crippen LogP contribution < -0.4 is 10.1 Å². The van der Waals surface area contributed by atoms with Crippen LogP contribution in [0.15, 0.2) is 52.5 Å². The number of amides is 1. The molecule has 6 heteroatoms. The van der Waals surface area contributed by atoms with Crippen LogP contribution in [0.25, 0.3) is 6.08 Å². The molecule has 1 saturated carbocycles. The standard InChI is InChI=1S/C24H24BrFN2O2/c1-16-4-2-3-5-22(16)28-24(29)19(14-27)12-18-8-11-23(21(25)13-18)30-15-17-6-9-20(26)10-7-17/h6-13,16,22H,2-5,15H2,1H3,(H,28,29)/b19-12+/t16-,22-/m1/s1. The van der Waals surface area contributed by atoms with E-state index < -0.39 is 0 Å². The van der Waals surface area contributed by atoms with E-state index >= 15 is 0 Å². The van der Waals surface area contributed by atoms with Crippen molar-refractivity contribution in [1.29, 1.82) is 5.26 Å². The average molecular weight is 471 g/mol. The molecule has 0 aliphatic heterocycles. The van der Waals surface area contributed by atoms with Gasteiger partial charge in [-0.15, -0.1) is 0 Å². The molecule has 0 aromatic heterocycles. The summed E-state index contributed by atoms with van der Waals surface area (Å²) in [7, 11) is 0. The predicted molar refractivity (Wildman–Crippen MR) is 118 cm³/mol. The Morgan fingerprint density at radius 1 is 1.27 bits per heavy atom. The molecule has 0 unspecified atom stereocenters. The van der Waals surface area contributed by atoms with Crippen molar-refractivity contribution in [2.75, 3.05) is 0 Å². The van der Waals surface area contributed by atoms with E-state index in [4.69, 9.17) is 4.74 Å². The quantitative estimate of drug-likeness (QED) is 0.430. The predicted octanol–water partition coefficient (Wildman–Crippen LogP) is 5.77. The molecule has 0 spiro atoms. The van der Waals surface area contributed by atoms with Crippen LogP contribution in [0.5, 0.6) is 5.75 Å². The summed E-state index contributed by atoms with van der Waals surface area (Å²) in [6.45, 7) is 2.45. The summed E-state index contributed by atoms with van der Waals surface area (Å²) >= 11 is 3.47. The van der Waals surface area contributed by atoms with E-state index in [0.717, 1.165) is 30.4 Å². The summed E-state index contributed by atoms with van der Waals surface area (Å²) < 4.78 is 19.5. The highest BCUT2D eigenvalue weighted by molar-refractivity contribution is 9.10. The van der Waals surface area contributed by atoms with Crippen molar-refractivity contribution in [2.45, 2.75) is 45.3 Å². The van der Waals surface area contributed by atoms with Gasteiger partial charge in [0.05, 0.1) is 4.47 Å². The third-order valence-corrected chi connectivity index (χ3v) is 5.99. The van der Waals surface area contributed by atoms with Crippen LogP contribution in [0.2, 0.25) is 0 Å². The van der Waals surface area contributed by atoms with Crippen LogP contribution in [-0.2, 0) is 11.4 Å². The third-order valence-electron chi connectivity index (χ3n) is 5.37. The zero-order valence-corrected chi connectivity index (χ0v) is 18.4. The molecule has 0 radical (unpaired) electrons. The maximum atomic E-state index is 13.0. The molecule has 156 valence electrons. The first-order valence-electron chi connectivity index (χ1n) is 10.1. The Hall–Kier alpha value is -2.65. The molecule has 4 nitrogen and oxygen atoms in total. The van der Waals surface area contributed by atoms with Crippen LogP contribution in [0.4, 0.5) is 4.39 Å². The molecule has 2 aromatic rings. The van der Waals surface area contributed by atoms with Crippen LogP contribution in [0, 0.1) is 23.1 Å². The number of carbonyl (C=O) groups is 1. The van der Waals surface area contributed by atoms with E-state index in [1.807, 2.05) is 6.07 Å². The Morgan fingerprint density at radius 2 is 2.00 bits per heavy atom. The highest BCUT2D eigenvalue weighted by Gasteiger charge is 2.24. The zero-order chi connectivity index (χ0) is 21.5. The van der Waals surface area contributed by atoms with Gasteiger partial charge in [-0.25, -0.2) is 4.39 Å².